The quantitative estimate of drug-likeness (QED) is 0.664. The summed E-state index contributed by atoms with van der Waals surface area (Å²) in [5.74, 6) is -0.0667. The van der Waals surface area contributed by atoms with Crippen LogP contribution in [0.25, 0.3) is 0 Å². The van der Waals surface area contributed by atoms with E-state index in [2.05, 4.69) is 19.2 Å². The number of rotatable bonds is 7. The van der Waals surface area contributed by atoms with Crippen molar-refractivity contribution < 1.29 is 9.53 Å². The molecule has 0 aliphatic heterocycles. The molecule has 0 aromatic carbocycles. The van der Waals surface area contributed by atoms with Crippen molar-refractivity contribution >= 4 is 5.91 Å². The lowest BCUT2D eigenvalue weighted by Gasteiger charge is -2.25. The largest absolute Gasteiger partial charge is 0.385 e. The van der Waals surface area contributed by atoms with E-state index in [1.54, 1.807) is 7.11 Å². The van der Waals surface area contributed by atoms with Crippen molar-refractivity contribution in [2.75, 3.05) is 20.3 Å². The molecular formula is C11H24N2O2. The zero-order chi connectivity index (χ0) is 11.9. The highest BCUT2D eigenvalue weighted by atomic mass is 16.5. The molecule has 0 saturated heterocycles. The summed E-state index contributed by atoms with van der Waals surface area (Å²) in [6.45, 7) is 7.46. The molecule has 0 aliphatic rings. The van der Waals surface area contributed by atoms with Crippen molar-refractivity contribution in [3.8, 4) is 0 Å². The first-order chi connectivity index (χ1) is 6.93. The lowest BCUT2D eigenvalue weighted by atomic mass is 9.89. The van der Waals surface area contributed by atoms with Crippen LogP contribution in [-0.4, -0.2) is 32.2 Å². The molecule has 0 spiro atoms. The van der Waals surface area contributed by atoms with Gasteiger partial charge in [0.2, 0.25) is 5.91 Å². The Morgan fingerprint density at radius 1 is 1.53 bits per heavy atom. The minimum Gasteiger partial charge on any atom is -0.385 e. The van der Waals surface area contributed by atoms with Crippen LogP contribution in [0.2, 0.25) is 0 Å². The topological polar surface area (TPSA) is 64.4 Å². The van der Waals surface area contributed by atoms with E-state index >= 15 is 0 Å². The van der Waals surface area contributed by atoms with Crippen LogP contribution in [0.4, 0.5) is 0 Å². The number of hydrogen-bond donors (Lipinski definition) is 2. The van der Waals surface area contributed by atoms with Crippen LogP contribution in [0.1, 0.15) is 33.6 Å². The maximum atomic E-state index is 11.4. The third-order valence-electron chi connectivity index (χ3n) is 2.50. The smallest absolute Gasteiger partial charge is 0.236 e. The van der Waals surface area contributed by atoms with Crippen LogP contribution in [0, 0.1) is 5.41 Å². The lowest BCUT2D eigenvalue weighted by molar-refractivity contribution is -0.122. The molecule has 4 heteroatoms. The van der Waals surface area contributed by atoms with Gasteiger partial charge in [0.05, 0.1) is 6.04 Å². The number of methoxy groups -OCH3 is 1. The number of carbonyl (C=O) groups excluding carboxylic acids is 1. The molecule has 90 valence electrons. The molecular weight excluding hydrogens is 192 g/mol. The molecule has 0 bridgehead atoms. The van der Waals surface area contributed by atoms with Crippen molar-refractivity contribution in [2.24, 2.45) is 11.1 Å². The van der Waals surface area contributed by atoms with E-state index in [1.165, 1.54) is 0 Å². The summed E-state index contributed by atoms with van der Waals surface area (Å²) in [6.07, 6.45) is 1.59. The van der Waals surface area contributed by atoms with E-state index in [9.17, 15) is 4.79 Å². The second kappa shape index (κ2) is 6.80. The Labute approximate surface area is 92.6 Å². The minimum atomic E-state index is -0.386. The summed E-state index contributed by atoms with van der Waals surface area (Å²) in [5.41, 5.74) is 5.66. The number of hydrogen-bond acceptors (Lipinski definition) is 3. The lowest BCUT2D eigenvalue weighted by Crippen LogP contribution is -2.43. The standard InChI is InChI=1S/C11H24N2O2/c1-5-9(12)10(14)13-8-11(2,3)6-7-15-4/h9H,5-8,12H2,1-4H3,(H,13,14). The number of ether oxygens (including phenoxy) is 1. The molecule has 0 aliphatic carbocycles. The SMILES string of the molecule is CCC(N)C(=O)NCC(C)(C)CCOC. The van der Waals surface area contributed by atoms with E-state index in [0.29, 0.717) is 19.6 Å². The predicted octanol–water partition coefficient (Wildman–Crippen LogP) is 0.903. The summed E-state index contributed by atoms with van der Waals surface area (Å²) >= 11 is 0. The Kier molecular flexibility index (Phi) is 6.52. The van der Waals surface area contributed by atoms with Gasteiger partial charge in [-0.1, -0.05) is 20.8 Å². The van der Waals surface area contributed by atoms with Gasteiger partial charge >= 0.3 is 0 Å². The van der Waals surface area contributed by atoms with Gasteiger partial charge in [0.1, 0.15) is 0 Å². The van der Waals surface area contributed by atoms with Crippen molar-refractivity contribution in [3.63, 3.8) is 0 Å². The van der Waals surface area contributed by atoms with Crippen LogP contribution >= 0.6 is 0 Å². The molecule has 4 nitrogen and oxygen atoms in total. The van der Waals surface area contributed by atoms with Crippen LogP contribution in [-0.2, 0) is 9.53 Å². The van der Waals surface area contributed by atoms with Crippen molar-refractivity contribution in [2.45, 2.75) is 39.7 Å². The normalized spacial score (nSPS) is 13.7. The van der Waals surface area contributed by atoms with Crippen LogP contribution in [0.15, 0.2) is 0 Å². The Hall–Kier alpha value is -0.610. The first-order valence-electron chi connectivity index (χ1n) is 5.45. The maximum absolute atomic E-state index is 11.4. The minimum absolute atomic E-state index is 0.0547. The van der Waals surface area contributed by atoms with Crippen LogP contribution in [0.3, 0.4) is 0 Å². The van der Waals surface area contributed by atoms with Gasteiger partial charge < -0.3 is 15.8 Å². The maximum Gasteiger partial charge on any atom is 0.236 e. The van der Waals surface area contributed by atoms with E-state index in [-0.39, 0.29) is 17.4 Å². The predicted molar refractivity (Wildman–Crippen MR) is 61.6 cm³/mol. The second-order valence-electron chi connectivity index (χ2n) is 4.64. The fourth-order valence-corrected chi connectivity index (χ4v) is 1.11. The molecule has 0 rings (SSSR count). The van der Waals surface area contributed by atoms with Crippen molar-refractivity contribution in [3.05, 3.63) is 0 Å². The molecule has 0 saturated carbocycles. The molecule has 1 unspecified atom stereocenters. The third kappa shape index (κ3) is 6.47. The van der Waals surface area contributed by atoms with Gasteiger partial charge in [0.15, 0.2) is 0 Å². The van der Waals surface area contributed by atoms with E-state index in [1.807, 2.05) is 6.92 Å². The van der Waals surface area contributed by atoms with Gasteiger partial charge in [0.25, 0.3) is 0 Å². The van der Waals surface area contributed by atoms with E-state index in [0.717, 1.165) is 6.42 Å². The summed E-state index contributed by atoms with van der Waals surface area (Å²) in [4.78, 5) is 11.4. The first kappa shape index (κ1) is 14.4. The van der Waals surface area contributed by atoms with Gasteiger partial charge in [0, 0.05) is 20.3 Å². The molecule has 15 heavy (non-hydrogen) atoms. The molecule has 0 heterocycles. The fourth-order valence-electron chi connectivity index (χ4n) is 1.11. The van der Waals surface area contributed by atoms with Crippen LogP contribution in [0.5, 0.6) is 0 Å². The summed E-state index contributed by atoms with van der Waals surface area (Å²) in [7, 11) is 1.68. The summed E-state index contributed by atoms with van der Waals surface area (Å²) in [6, 6.07) is -0.386. The number of amides is 1. The van der Waals surface area contributed by atoms with E-state index in [4.69, 9.17) is 10.5 Å². The Balaban J connectivity index is 3.86. The molecule has 1 amide bonds. The van der Waals surface area contributed by atoms with Gasteiger partial charge in [-0.2, -0.15) is 0 Å². The second-order valence-corrected chi connectivity index (χ2v) is 4.64. The van der Waals surface area contributed by atoms with Gasteiger partial charge in [-0.15, -0.1) is 0 Å². The van der Waals surface area contributed by atoms with Crippen molar-refractivity contribution in [1.29, 1.82) is 0 Å². The molecule has 3 N–H and O–H groups in total. The zero-order valence-electron chi connectivity index (χ0n) is 10.3. The molecule has 0 aromatic heterocycles. The highest BCUT2D eigenvalue weighted by Crippen LogP contribution is 2.18. The Morgan fingerprint density at radius 2 is 2.13 bits per heavy atom. The molecule has 0 radical (unpaired) electrons. The van der Waals surface area contributed by atoms with Gasteiger partial charge in [-0.05, 0) is 18.3 Å². The van der Waals surface area contributed by atoms with Crippen LogP contribution < -0.4 is 11.1 Å². The summed E-state index contributed by atoms with van der Waals surface area (Å²) < 4.78 is 5.02. The number of nitrogens with one attached hydrogen (secondary N) is 1. The summed E-state index contributed by atoms with van der Waals surface area (Å²) in [5, 5.41) is 2.86. The number of nitrogens with two attached hydrogens (primary N) is 1. The third-order valence-corrected chi connectivity index (χ3v) is 2.50. The molecule has 1 atom stereocenters. The average Bonchev–Trinajstić information content (AvgIpc) is 2.22. The van der Waals surface area contributed by atoms with Crippen molar-refractivity contribution in [1.82, 2.24) is 5.32 Å². The Morgan fingerprint density at radius 3 is 2.60 bits per heavy atom. The number of carbonyl (C=O) groups is 1. The van der Waals surface area contributed by atoms with Gasteiger partial charge in [-0.25, -0.2) is 0 Å². The van der Waals surface area contributed by atoms with E-state index < -0.39 is 0 Å². The monoisotopic (exact) mass is 216 g/mol. The first-order valence-corrected chi connectivity index (χ1v) is 5.45. The highest BCUT2D eigenvalue weighted by Gasteiger charge is 2.20. The zero-order valence-corrected chi connectivity index (χ0v) is 10.3. The molecule has 0 fully saturated rings. The highest BCUT2D eigenvalue weighted by molar-refractivity contribution is 5.81. The average molecular weight is 216 g/mol. The fraction of sp³-hybridized carbons (Fsp3) is 0.909. The van der Waals surface area contributed by atoms with Gasteiger partial charge in [-0.3, -0.25) is 4.79 Å². The Bertz CT molecular complexity index is 193. The molecule has 0 aromatic rings.